The minimum atomic E-state index is 0.123. The standard InChI is InChI=1S/C21H25NO3/c1-3-7-17(8-4-1)13-22-19-11-20(25-22)12-21(24-15-19)16-23-14-18-9-5-2-6-10-18/h1-10,19-21H,11-16H2/t19-,20+,21+/m0/s1. The molecule has 0 aliphatic carbocycles. The van der Waals surface area contributed by atoms with Crippen LogP contribution in [0.4, 0.5) is 0 Å². The van der Waals surface area contributed by atoms with Crippen LogP contribution in [-0.4, -0.2) is 36.5 Å². The lowest BCUT2D eigenvalue weighted by Crippen LogP contribution is -2.36. The Bertz CT molecular complexity index is 649. The molecular weight excluding hydrogens is 314 g/mol. The third-order valence-corrected chi connectivity index (χ3v) is 4.87. The molecule has 0 amide bonds. The highest BCUT2D eigenvalue weighted by Crippen LogP contribution is 2.30. The second-order valence-corrected chi connectivity index (χ2v) is 6.87. The first-order valence-corrected chi connectivity index (χ1v) is 9.07. The molecule has 2 bridgehead atoms. The molecule has 2 aromatic carbocycles. The molecular formula is C21H25NO3. The van der Waals surface area contributed by atoms with E-state index in [0.29, 0.717) is 25.9 Å². The maximum absolute atomic E-state index is 6.16. The van der Waals surface area contributed by atoms with Crippen LogP contribution in [0, 0.1) is 0 Å². The Morgan fingerprint density at radius 2 is 1.64 bits per heavy atom. The summed E-state index contributed by atoms with van der Waals surface area (Å²) in [4.78, 5) is 6.16. The molecule has 2 fully saturated rings. The number of hydrogen-bond donors (Lipinski definition) is 0. The Balaban J connectivity index is 1.25. The number of rotatable bonds is 6. The van der Waals surface area contributed by atoms with Crippen molar-refractivity contribution in [3.63, 3.8) is 0 Å². The summed E-state index contributed by atoms with van der Waals surface area (Å²) < 4.78 is 11.9. The van der Waals surface area contributed by atoms with Crippen molar-refractivity contribution < 1.29 is 14.3 Å². The topological polar surface area (TPSA) is 30.9 Å². The lowest BCUT2D eigenvalue weighted by Gasteiger charge is -2.27. The zero-order valence-corrected chi connectivity index (χ0v) is 14.4. The summed E-state index contributed by atoms with van der Waals surface area (Å²) in [6.07, 6.45) is 2.30. The third-order valence-electron chi connectivity index (χ3n) is 4.87. The zero-order valence-electron chi connectivity index (χ0n) is 14.4. The van der Waals surface area contributed by atoms with Crippen molar-refractivity contribution in [2.24, 2.45) is 0 Å². The Morgan fingerprint density at radius 1 is 0.920 bits per heavy atom. The fraction of sp³-hybridized carbons (Fsp3) is 0.429. The zero-order chi connectivity index (χ0) is 16.9. The molecule has 2 aliphatic rings. The largest absolute Gasteiger partial charge is 0.374 e. The monoisotopic (exact) mass is 339 g/mol. The number of benzene rings is 2. The van der Waals surface area contributed by atoms with Gasteiger partial charge in [-0.05, 0) is 17.5 Å². The highest BCUT2D eigenvalue weighted by atomic mass is 16.7. The molecule has 0 unspecified atom stereocenters. The van der Waals surface area contributed by atoms with Gasteiger partial charge in [0.2, 0.25) is 0 Å². The summed E-state index contributed by atoms with van der Waals surface area (Å²) >= 11 is 0. The first-order chi connectivity index (χ1) is 12.4. The number of hydroxylamine groups is 2. The second kappa shape index (κ2) is 8.11. The van der Waals surface area contributed by atoms with Crippen LogP contribution in [0.5, 0.6) is 0 Å². The van der Waals surface area contributed by atoms with Gasteiger partial charge in [0.1, 0.15) is 0 Å². The molecule has 0 radical (unpaired) electrons. The first-order valence-electron chi connectivity index (χ1n) is 9.07. The van der Waals surface area contributed by atoms with Gasteiger partial charge < -0.3 is 9.47 Å². The Labute approximate surface area is 149 Å². The van der Waals surface area contributed by atoms with Crippen molar-refractivity contribution >= 4 is 0 Å². The van der Waals surface area contributed by atoms with Gasteiger partial charge in [0, 0.05) is 13.0 Å². The van der Waals surface area contributed by atoms with Crippen LogP contribution in [0.1, 0.15) is 24.0 Å². The van der Waals surface area contributed by atoms with Crippen molar-refractivity contribution in [3.05, 3.63) is 71.8 Å². The molecule has 25 heavy (non-hydrogen) atoms. The summed E-state index contributed by atoms with van der Waals surface area (Å²) in [6, 6.07) is 21.1. The summed E-state index contributed by atoms with van der Waals surface area (Å²) in [7, 11) is 0. The Hall–Kier alpha value is -1.72. The third kappa shape index (κ3) is 4.47. The first kappa shape index (κ1) is 16.7. The Morgan fingerprint density at radius 3 is 2.40 bits per heavy atom. The van der Waals surface area contributed by atoms with E-state index in [1.165, 1.54) is 11.1 Å². The SMILES string of the molecule is c1ccc(COC[C@H]2C[C@H]3C[C@@H](CO2)N(Cc2ccccc2)O3)cc1. The van der Waals surface area contributed by atoms with Gasteiger partial charge in [0.25, 0.3) is 0 Å². The minimum absolute atomic E-state index is 0.123. The van der Waals surface area contributed by atoms with Crippen molar-refractivity contribution in [1.29, 1.82) is 0 Å². The van der Waals surface area contributed by atoms with E-state index in [1.54, 1.807) is 0 Å². The van der Waals surface area contributed by atoms with Crippen molar-refractivity contribution in [2.75, 3.05) is 13.2 Å². The molecule has 2 aliphatic heterocycles. The van der Waals surface area contributed by atoms with Gasteiger partial charge in [-0.25, -0.2) is 0 Å². The molecule has 4 heteroatoms. The predicted molar refractivity (Wildman–Crippen MR) is 95.7 cm³/mol. The van der Waals surface area contributed by atoms with E-state index in [9.17, 15) is 0 Å². The molecule has 2 aromatic rings. The fourth-order valence-electron chi connectivity index (χ4n) is 3.57. The smallest absolute Gasteiger partial charge is 0.0835 e. The normalized spacial score (nSPS) is 26.5. The van der Waals surface area contributed by atoms with E-state index in [0.717, 1.165) is 19.4 Å². The van der Waals surface area contributed by atoms with Crippen LogP contribution in [0.15, 0.2) is 60.7 Å². The molecule has 3 atom stereocenters. The second-order valence-electron chi connectivity index (χ2n) is 6.87. The van der Waals surface area contributed by atoms with Crippen molar-refractivity contribution in [2.45, 2.75) is 44.2 Å². The molecule has 0 N–H and O–H groups in total. The average molecular weight is 339 g/mol. The highest BCUT2D eigenvalue weighted by molar-refractivity contribution is 5.15. The number of ether oxygens (including phenoxy) is 2. The van der Waals surface area contributed by atoms with Crippen LogP contribution in [0.25, 0.3) is 0 Å². The van der Waals surface area contributed by atoms with E-state index in [4.69, 9.17) is 14.3 Å². The van der Waals surface area contributed by atoms with E-state index < -0.39 is 0 Å². The number of fused-ring (bicyclic) bond motifs is 2. The summed E-state index contributed by atoms with van der Waals surface area (Å²) in [5.41, 5.74) is 2.47. The lowest BCUT2D eigenvalue weighted by atomic mass is 10.1. The van der Waals surface area contributed by atoms with E-state index in [1.807, 2.05) is 24.3 Å². The summed E-state index contributed by atoms with van der Waals surface area (Å²) in [6.45, 7) is 2.79. The molecule has 2 saturated heterocycles. The molecule has 4 nitrogen and oxygen atoms in total. The van der Waals surface area contributed by atoms with Gasteiger partial charge in [-0.2, -0.15) is 5.06 Å². The van der Waals surface area contributed by atoms with E-state index in [-0.39, 0.29) is 12.2 Å². The van der Waals surface area contributed by atoms with Gasteiger partial charge in [-0.3, -0.25) is 4.84 Å². The molecule has 0 aromatic heterocycles. The maximum atomic E-state index is 6.16. The average Bonchev–Trinajstić information content (AvgIpc) is 2.89. The quantitative estimate of drug-likeness (QED) is 0.805. The number of hydrogen-bond acceptors (Lipinski definition) is 4. The summed E-state index contributed by atoms with van der Waals surface area (Å²) in [5.74, 6) is 0. The van der Waals surface area contributed by atoms with Crippen LogP contribution in [-0.2, 0) is 27.5 Å². The van der Waals surface area contributed by atoms with Gasteiger partial charge in [0.15, 0.2) is 0 Å². The van der Waals surface area contributed by atoms with E-state index >= 15 is 0 Å². The van der Waals surface area contributed by atoms with Gasteiger partial charge in [0.05, 0.1) is 38.1 Å². The molecule has 132 valence electrons. The summed E-state index contributed by atoms with van der Waals surface area (Å²) in [5, 5.41) is 2.10. The molecule has 0 saturated carbocycles. The Kier molecular flexibility index (Phi) is 5.43. The van der Waals surface area contributed by atoms with Gasteiger partial charge >= 0.3 is 0 Å². The minimum Gasteiger partial charge on any atom is -0.374 e. The lowest BCUT2D eigenvalue weighted by molar-refractivity contribution is -0.204. The van der Waals surface area contributed by atoms with Gasteiger partial charge in [-0.15, -0.1) is 0 Å². The van der Waals surface area contributed by atoms with Crippen molar-refractivity contribution in [3.8, 4) is 0 Å². The van der Waals surface area contributed by atoms with Crippen LogP contribution in [0.2, 0.25) is 0 Å². The maximum Gasteiger partial charge on any atom is 0.0835 e. The van der Waals surface area contributed by atoms with Gasteiger partial charge in [-0.1, -0.05) is 60.7 Å². The molecule has 0 spiro atoms. The van der Waals surface area contributed by atoms with E-state index in [2.05, 4.69) is 41.5 Å². The van der Waals surface area contributed by atoms with Crippen LogP contribution >= 0.6 is 0 Å². The van der Waals surface area contributed by atoms with Crippen LogP contribution < -0.4 is 0 Å². The van der Waals surface area contributed by atoms with Crippen LogP contribution in [0.3, 0.4) is 0 Å². The molecule has 2 heterocycles. The predicted octanol–water partition coefficient (Wildman–Crippen LogP) is 3.57. The van der Waals surface area contributed by atoms with Crippen molar-refractivity contribution in [1.82, 2.24) is 5.06 Å². The molecule has 4 rings (SSSR count). The fourth-order valence-corrected chi connectivity index (χ4v) is 3.57. The highest BCUT2D eigenvalue weighted by Gasteiger charge is 2.38. The number of nitrogens with zero attached hydrogens (tertiary/aromatic N) is 1.